The summed E-state index contributed by atoms with van der Waals surface area (Å²) in [6, 6.07) is 7.95. The summed E-state index contributed by atoms with van der Waals surface area (Å²) in [6.07, 6.45) is 9.74. The number of halogens is 1. The molecule has 6 heteroatoms. The quantitative estimate of drug-likeness (QED) is 0.280. The average molecular weight is 358 g/mol. The molecule has 0 aliphatic heterocycles. The van der Waals surface area contributed by atoms with E-state index in [1.807, 2.05) is 18.2 Å². The molecule has 0 saturated heterocycles. The number of nitrogens with one attached hydrogen (secondary N) is 1. The third-order valence-electron chi connectivity index (χ3n) is 3.67. The van der Waals surface area contributed by atoms with Crippen LogP contribution in [-0.2, 0) is 6.54 Å². The molecule has 0 spiro atoms. The molecule has 1 aliphatic carbocycles. The molecule has 1 aromatic carbocycles. The second-order valence-electron chi connectivity index (χ2n) is 5.20. The van der Waals surface area contributed by atoms with Gasteiger partial charge in [-0.2, -0.15) is 5.53 Å². The molecule has 0 saturated carbocycles. The first-order valence-corrected chi connectivity index (χ1v) is 7.89. The van der Waals surface area contributed by atoms with Gasteiger partial charge in [-0.05, 0) is 36.3 Å². The highest BCUT2D eigenvalue weighted by Crippen LogP contribution is 2.22. The lowest BCUT2D eigenvalue weighted by molar-refractivity contribution is 0.822. The van der Waals surface area contributed by atoms with Gasteiger partial charge in [0.05, 0.1) is 0 Å². The van der Waals surface area contributed by atoms with Gasteiger partial charge in [0.1, 0.15) is 0 Å². The summed E-state index contributed by atoms with van der Waals surface area (Å²) >= 11 is 3.63. The normalized spacial score (nSPS) is 18.5. The van der Waals surface area contributed by atoms with Gasteiger partial charge in [-0.3, -0.25) is 0 Å². The fourth-order valence-electron chi connectivity index (χ4n) is 2.62. The van der Waals surface area contributed by atoms with Gasteiger partial charge in [-0.1, -0.05) is 39.4 Å². The van der Waals surface area contributed by atoms with Crippen molar-refractivity contribution in [3.63, 3.8) is 0 Å². The van der Waals surface area contributed by atoms with Crippen LogP contribution in [0.1, 0.15) is 12.0 Å². The molecule has 1 heterocycles. The molecule has 1 aliphatic rings. The van der Waals surface area contributed by atoms with Crippen molar-refractivity contribution in [3.8, 4) is 0 Å². The van der Waals surface area contributed by atoms with E-state index in [9.17, 15) is 0 Å². The van der Waals surface area contributed by atoms with Crippen molar-refractivity contribution in [3.05, 3.63) is 59.8 Å². The Morgan fingerprint density at radius 3 is 3.05 bits per heavy atom. The number of hydrogen-bond donors (Lipinski definition) is 2. The van der Waals surface area contributed by atoms with Crippen LogP contribution in [0.15, 0.2) is 64.6 Å². The first-order valence-electron chi connectivity index (χ1n) is 6.98. The molecule has 1 atom stereocenters. The minimum Gasteiger partial charge on any atom is -0.382 e. The van der Waals surface area contributed by atoms with Crippen molar-refractivity contribution in [2.75, 3.05) is 0 Å². The summed E-state index contributed by atoms with van der Waals surface area (Å²) in [6.45, 7) is 0.840. The first kappa shape index (κ1) is 14.7. The van der Waals surface area contributed by atoms with Crippen LogP contribution in [0.3, 0.4) is 0 Å². The van der Waals surface area contributed by atoms with Gasteiger partial charge in [0.25, 0.3) is 0 Å². The Bertz CT molecular complexity index is 800. The number of rotatable bonds is 4. The van der Waals surface area contributed by atoms with Crippen molar-refractivity contribution >= 4 is 32.7 Å². The lowest BCUT2D eigenvalue weighted by atomic mass is 10.1. The third-order valence-corrected chi connectivity index (χ3v) is 4.30. The van der Waals surface area contributed by atoms with E-state index in [1.54, 1.807) is 0 Å². The fraction of sp³-hybridized carbons (Fsp3) is 0.188. The summed E-state index contributed by atoms with van der Waals surface area (Å²) in [5.41, 5.74) is 15.7. The molecule has 2 aromatic rings. The maximum atomic E-state index is 6.75. The van der Waals surface area contributed by atoms with Gasteiger partial charge in [0, 0.05) is 34.0 Å². The molecule has 22 heavy (non-hydrogen) atoms. The van der Waals surface area contributed by atoms with Gasteiger partial charge in [-0.25, -0.2) is 0 Å². The van der Waals surface area contributed by atoms with Crippen LogP contribution >= 0.6 is 15.9 Å². The van der Waals surface area contributed by atoms with E-state index in [2.05, 4.69) is 61.3 Å². The van der Waals surface area contributed by atoms with Crippen molar-refractivity contribution in [2.24, 2.45) is 16.1 Å². The predicted octanol–water partition coefficient (Wildman–Crippen LogP) is 3.94. The Morgan fingerprint density at radius 2 is 2.27 bits per heavy atom. The number of fused-ring (bicyclic) bond motifs is 1. The summed E-state index contributed by atoms with van der Waals surface area (Å²) in [4.78, 5) is 0.422. The van der Waals surface area contributed by atoms with Crippen LogP contribution in [0.5, 0.6) is 0 Å². The molecular formula is C16H16BrN5. The number of hydrogen-bond acceptors (Lipinski definition) is 2. The maximum Gasteiger partial charge on any atom is 0.155 e. The summed E-state index contributed by atoms with van der Waals surface area (Å²) < 4.78 is 2.21. The van der Waals surface area contributed by atoms with Gasteiger partial charge in [0.2, 0.25) is 0 Å². The summed E-state index contributed by atoms with van der Waals surface area (Å²) in [5.74, 6) is 0.254. The van der Waals surface area contributed by atoms with Crippen LogP contribution in [0.4, 0.5) is 0 Å². The maximum absolute atomic E-state index is 6.75. The lowest BCUT2D eigenvalue weighted by Gasteiger charge is -2.13. The standard InChI is InChI=1S/C16H16BrN5/c17-14-3-1-2-11(8-14)10-22-7-6-12-9-13(4-5-15(12)22)16(18)20-21-19/h1-2,4-9,14H,3,10H2,(H3,18,19,20). The van der Waals surface area contributed by atoms with Crippen LogP contribution < -0.4 is 5.73 Å². The topological polar surface area (TPSA) is 79.5 Å². The van der Waals surface area contributed by atoms with Crippen molar-refractivity contribution in [1.29, 1.82) is 5.53 Å². The number of alkyl halides is 1. The van der Waals surface area contributed by atoms with Gasteiger partial charge < -0.3 is 10.3 Å². The number of amidine groups is 1. The number of nitrogens with zero attached hydrogens (tertiary/aromatic N) is 3. The van der Waals surface area contributed by atoms with Gasteiger partial charge in [0.15, 0.2) is 5.84 Å². The second-order valence-corrected chi connectivity index (χ2v) is 6.37. The Hall–Kier alpha value is -2.21. The summed E-state index contributed by atoms with van der Waals surface area (Å²) in [7, 11) is 0. The number of nitrogens with two attached hydrogens (primary N) is 1. The zero-order valence-electron chi connectivity index (χ0n) is 11.9. The zero-order valence-corrected chi connectivity index (χ0v) is 13.5. The summed E-state index contributed by atoms with van der Waals surface area (Å²) in [5, 5.41) is 7.63. The minimum atomic E-state index is 0.254. The van der Waals surface area contributed by atoms with Gasteiger partial charge >= 0.3 is 0 Å². The average Bonchev–Trinajstić information content (AvgIpc) is 2.90. The van der Waals surface area contributed by atoms with E-state index >= 15 is 0 Å². The molecule has 0 amide bonds. The molecule has 0 radical (unpaired) electrons. The van der Waals surface area contributed by atoms with E-state index in [4.69, 9.17) is 11.3 Å². The highest BCUT2D eigenvalue weighted by atomic mass is 79.9. The van der Waals surface area contributed by atoms with Crippen molar-refractivity contribution in [2.45, 2.75) is 17.8 Å². The number of aromatic nitrogens is 1. The molecule has 0 fully saturated rings. The minimum absolute atomic E-state index is 0.254. The highest BCUT2D eigenvalue weighted by Gasteiger charge is 2.09. The zero-order chi connectivity index (χ0) is 15.5. The van der Waals surface area contributed by atoms with E-state index in [-0.39, 0.29) is 5.84 Å². The Kier molecular flexibility index (Phi) is 4.20. The number of benzene rings is 1. The Morgan fingerprint density at radius 1 is 1.41 bits per heavy atom. The van der Waals surface area contributed by atoms with Crippen LogP contribution in [-0.4, -0.2) is 15.2 Å². The van der Waals surface area contributed by atoms with E-state index < -0.39 is 0 Å². The third kappa shape index (κ3) is 3.01. The van der Waals surface area contributed by atoms with Crippen LogP contribution in [0.2, 0.25) is 0 Å². The smallest absolute Gasteiger partial charge is 0.155 e. The molecular weight excluding hydrogens is 342 g/mol. The predicted molar refractivity (Wildman–Crippen MR) is 92.4 cm³/mol. The van der Waals surface area contributed by atoms with Gasteiger partial charge in [-0.15, -0.1) is 5.10 Å². The van der Waals surface area contributed by atoms with Crippen molar-refractivity contribution < 1.29 is 0 Å². The van der Waals surface area contributed by atoms with Crippen molar-refractivity contribution in [1.82, 2.24) is 4.57 Å². The molecule has 0 bridgehead atoms. The second kappa shape index (κ2) is 6.27. The lowest BCUT2D eigenvalue weighted by Crippen LogP contribution is -2.12. The largest absolute Gasteiger partial charge is 0.382 e. The molecule has 3 N–H and O–H groups in total. The van der Waals surface area contributed by atoms with Crippen LogP contribution in [0, 0.1) is 5.53 Å². The molecule has 112 valence electrons. The Labute approximate surface area is 136 Å². The monoisotopic (exact) mass is 357 g/mol. The SMILES string of the molecule is N=NN=C(N)c1ccc2c(ccn2CC2=CC(Br)CC=C2)c1. The van der Waals surface area contributed by atoms with E-state index in [0.717, 1.165) is 29.4 Å². The first-order chi connectivity index (χ1) is 10.7. The van der Waals surface area contributed by atoms with Crippen LogP contribution in [0.25, 0.3) is 10.9 Å². The number of allylic oxidation sites excluding steroid dienone is 4. The fourth-order valence-corrected chi connectivity index (χ4v) is 3.17. The van der Waals surface area contributed by atoms with E-state index in [0.29, 0.717) is 4.83 Å². The highest BCUT2D eigenvalue weighted by molar-refractivity contribution is 9.09. The molecule has 3 rings (SSSR count). The molecule has 5 nitrogen and oxygen atoms in total. The molecule has 1 unspecified atom stereocenters. The molecule has 1 aromatic heterocycles. The Balaban J connectivity index is 1.91. The van der Waals surface area contributed by atoms with E-state index in [1.165, 1.54) is 5.57 Å².